The zero-order valence-corrected chi connectivity index (χ0v) is 10.5. The van der Waals surface area contributed by atoms with Gasteiger partial charge in [0.25, 0.3) is 0 Å². The molecule has 0 aliphatic rings. The highest BCUT2D eigenvalue weighted by Gasteiger charge is 2.16. The van der Waals surface area contributed by atoms with E-state index in [-0.39, 0.29) is 17.9 Å². The lowest BCUT2D eigenvalue weighted by atomic mass is 9.82. The first-order valence-electron chi connectivity index (χ1n) is 5.58. The first-order valence-corrected chi connectivity index (χ1v) is 5.58. The maximum Gasteiger partial charge on any atom is 0.0497 e. The van der Waals surface area contributed by atoms with Crippen molar-refractivity contribution in [2.75, 3.05) is 6.61 Å². The minimum absolute atomic E-state index is 0.199. The van der Waals surface area contributed by atoms with Gasteiger partial charge in [-0.25, -0.2) is 0 Å². The summed E-state index contributed by atoms with van der Waals surface area (Å²) in [6, 6.07) is 6.52. The van der Waals surface area contributed by atoms with Crippen molar-refractivity contribution >= 4 is 0 Å². The highest BCUT2D eigenvalue weighted by Crippen LogP contribution is 2.27. The van der Waals surface area contributed by atoms with Gasteiger partial charge in [-0.05, 0) is 29.0 Å². The van der Waals surface area contributed by atoms with Gasteiger partial charge >= 0.3 is 0 Å². The molecule has 0 spiro atoms. The molecule has 0 heterocycles. The number of benzene rings is 1. The second-order valence-corrected chi connectivity index (χ2v) is 5.41. The number of hydrogen-bond acceptors (Lipinski definition) is 1. The molecule has 1 nitrogen and oxygen atoms in total. The molecule has 1 rings (SSSR count). The fraction of sp³-hybridized carbons (Fsp3) is 0.571. The first-order chi connectivity index (χ1) is 6.86. The largest absolute Gasteiger partial charge is 0.396 e. The van der Waals surface area contributed by atoms with Crippen molar-refractivity contribution in [3.05, 3.63) is 34.9 Å². The van der Waals surface area contributed by atoms with Gasteiger partial charge in [-0.2, -0.15) is 0 Å². The van der Waals surface area contributed by atoms with Gasteiger partial charge in [0.05, 0.1) is 0 Å². The zero-order chi connectivity index (χ0) is 11.6. The van der Waals surface area contributed by atoms with Crippen LogP contribution in [-0.2, 0) is 5.41 Å². The highest BCUT2D eigenvalue weighted by atomic mass is 16.3. The summed E-state index contributed by atoms with van der Waals surface area (Å²) in [6.45, 7) is 11.1. The molecule has 0 aromatic heterocycles. The lowest BCUT2D eigenvalue weighted by Gasteiger charge is -2.23. The molecule has 1 N–H and O–H groups in total. The summed E-state index contributed by atoms with van der Waals surface area (Å²) in [6.07, 6.45) is 0. The van der Waals surface area contributed by atoms with E-state index in [4.69, 9.17) is 5.11 Å². The van der Waals surface area contributed by atoms with Gasteiger partial charge in [-0.3, -0.25) is 0 Å². The van der Waals surface area contributed by atoms with Crippen LogP contribution in [0.25, 0.3) is 0 Å². The number of hydrogen-bond donors (Lipinski definition) is 1. The average Bonchev–Trinajstić information content (AvgIpc) is 2.14. The Labute approximate surface area is 93.1 Å². The van der Waals surface area contributed by atoms with Gasteiger partial charge in [0, 0.05) is 12.5 Å². The van der Waals surface area contributed by atoms with E-state index in [0.717, 1.165) is 0 Å². The van der Waals surface area contributed by atoms with Crippen LogP contribution in [0.3, 0.4) is 0 Å². The molecular formula is C14H22O. The van der Waals surface area contributed by atoms with Crippen LogP contribution in [0.2, 0.25) is 0 Å². The van der Waals surface area contributed by atoms with E-state index in [2.05, 4.69) is 45.9 Å². The minimum atomic E-state index is 0.199. The Morgan fingerprint density at radius 3 is 2.27 bits per heavy atom. The molecule has 1 atom stereocenters. The second kappa shape index (κ2) is 4.36. The topological polar surface area (TPSA) is 20.2 Å². The van der Waals surface area contributed by atoms with Gasteiger partial charge in [-0.15, -0.1) is 0 Å². The third-order valence-corrected chi connectivity index (χ3v) is 2.90. The summed E-state index contributed by atoms with van der Waals surface area (Å²) in [5.74, 6) is 0.234. The summed E-state index contributed by atoms with van der Waals surface area (Å²) in [5.41, 5.74) is 4.13. The van der Waals surface area contributed by atoms with Crippen LogP contribution in [0.4, 0.5) is 0 Å². The second-order valence-electron chi connectivity index (χ2n) is 5.41. The van der Waals surface area contributed by atoms with E-state index in [1.54, 1.807) is 0 Å². The van der Waals surface area contributed by atoms with Crippen molar-refractivity contribution in [2.45, 2.75) is 46.0 Å². The maximum atomic E-state index is 9.11. The predicted molar refractivity (Wildman–Crippen MR) is 65.4 cm³/mol. The Morgan fingerprint density at radius 1 is 1.27 bits per heavy atom. The van der Waals surface area contributed by atoms with E-state index >= 15 is 0 Å². The standard InChI is InChI=1S/C14H22O/c1-10-8-12(11(2)9-15)6-7-13(10)14(3,4)5/h6-8,11,15H,9H2,1-5H3. The van der Waals surface area contributed by atoms with Crippen molar-refractivity contribution in [3.63, 3.8) is 0 Å². The molecule has 0 saturated heterocycles. The molecule has 0 bridgehead atoms. The van der Waals surface area contributed by atoms with Crippen molar-refractivity contribution in [2.24, 2.45) is 0 Å². The maximum absolute atomic E-state index is 9.11. The summed E-state index contributed by atoms with van der Waals surface area (Å²) in [5, 5.41) is 9.11. The fourth-order valence-electron chi connectivity index (χ4n) is 1.94. The molecule has 84 valence electrons. The zero-order valence-electron chi connectivity index (χ0n) is 10.5. The molecule has 0 fully saturated rings. The highest BCUT2D eigenvalue weighted by molar-refractivity contribution is 5.36. The monoisotopic (exact) mass is 206 g/mol. The van der Waals surface area contributed by atoms with Gasteiger partial charge in [0.1, 0.15) is 0 Å². The summed E-state index contributed by atoms with van der Waals surface area (Å²) >= 11 is 0. The van der Waals surface area contributed by atoms with Gasteiger partial charge in [0.2, 0.25) is 0 Å². The van der Waals surface area contributed by atoms with E-state index in [9.17, 15) is 0 Å². The van der Waals surface area contributed by atoms with Gasteiger partial charge < -0.3 is 5.11 Å². The van der Waals surface area contributed by atoms with E-state index in [1.807, 2.05) is 6.92 Å². The smallest absolute Gasteiger partial charge is 0.0497 e. The summed E-state index contributed by atoms with van der Waals surface area (Å²) in [7, 11) is 0. The predicted octanol–water partition coefficient (Wildman–Crippen LogP) is 3.39. The number of rotatable bonds is 2. The van der Waals surface area contributed by atoms with Crippen molar-refractivity contribution in [3.8, 4) is 0 Å². The van der Waals surface area contributed by atoms with Crippen LogP contribution in [0.1, 0.15) is 50.3 Å². The Kier molecular flexibility index (Phi) is 3.56. The van der Waals surface area contributed by atoms with E-state index in [1.165, 1.54) is 16.7 Å². The fourth-order valence-corrected chi connectivity index (χ4v) is 1.94. The summed E-state index contributed by atoms with van der Waals surface area (Å²) < 4.78 is 0. The molecule has 1 aromatic carbocycles. The SMILES string of the molecule is Cc1cc(C(C)CO)ccc1C(C)(C)C. The van der Waals surface area contributed by atoms with Crippen LogP contribution in [0, 0.1) is 6.92 Å². The van der Waals surface area contributed by atoms with Gasteiger partial charge in [0.15, 0.2) is 0 Å². The van der Waals surface area contributed by atoms with Crippen LogP contribution < -0.4 is 0 Å². The third kappa shape index (κ3) is 2.82. The average molecular weight is 206 g/mol. The molecule has 0 aliphatic heterocycles. The normalized spacial score (nSPS) is 14.0. The molecule has 15 heavy (non-hydrogen) atoms. The Hall–Kier alpha value is -0.820. The molecule has 0 amide bonds. The number of aliphatic hydroxyl groups excluding tert-OH is 1. The third-order valence-electron chi connectivity index (χ3n) is 2.90. The van der Waals surface area contributed by atoms with Crippen LogP contribution in [-0.4, -0.2) is 11.7 Å². The Balaban J connectivity index is 3.09. The van der Waals surface area contributed by atoms with Crippen molar-refractivity contribution in [1.82, 2.24) is 0 Å². The lowest BCUT2D eigenvalue weighted by Crippen LogP contribution is -2.13. The van der Waals surface area contributed by atoms with Crippen LogP contribution in [0.15, 0.2) is 18.2 Å². The molecule has 0 radical (unpaired) electrons. The molecule has 0 aliphatic carbocycles. The van der Waals surface area contributed by atoms with Crippen molar-refractivity contribution < 1.29 is 5.11 Å². The van der Waals surface area contributed by atoms with Crippen molar-refractivity contribution in [1.29, 1.82) is 0 Å². The quantitative estimate of drug-likeness (QED) is 0.786. The Morgan fingerprint density at radius 2 is 1.87 bits per heavy atom. The molecule has 1 heteroatoms. The lowest BCUT2D eigenvalue weighted by molar-refractivity contribution is 0.273. The van der Waals surface area contributed by atoms with Gasteiger partial charge in [-0.1, -0.05) is 45.9 Å². The number of aryl methyl sites for hydroxylation is 1. The van der Waals surface area contributed by atoms with E-state index in [0.29, 0.717) is 0 Å². The minimum Gasteiger partial charge on any atom is -0.396 e. The molecular weight excluding hydrogens is 184 g/mol. The van der Waals surface area contributed by atoms with E-state index < -0.39 is 0 Å². The number of aliphatic hydroxyl groups is 1. The Bertz CT molecular complexity index is 334. The summed E-state index contributed by atoms with van der Waals surface area (Å²) in [4.78, 5) is 0. The van der Waals surface area contributed by atoms with Crippen LogP contribution >= 0.6 is 0 Å². The molecule has 1 aromatic rings. The molecule has 1 unspecified atom stereocenters. The first kappa shape index (κ1) is 12.3. The van der Waals surface area contributed by atoms with Crippen LogP contribution in [0.5, 0.6) is 0 Å². The molecule has 0 saturated carbocycles.